The van der Waals surface area contributed by atoms with E-state index in [0.29, 0.717) is 5.92 Å². The van der Waals surface area contributed by atoms with Crippen LogP contribution >= 0.6 is 0 Å². The summed E-state index contributed by atoms with van der Waals surface area (Å²) in [6.07, 6.45) is 3.67. The molecule has 0 saturated carbocycles. The lowest BCUT2D eigenvalue weighted by Crippen LogP contribution is -2.16. The van der Waals surface area contributed by atoms with Gasteiger partial charge in [-0.15, -0.1) is 0 Å². The lowest BCUT2D eigenvalue weighted by atomic mass is 9.83. The Morgan fingerprint density at radius 1 is 1.10 bits per heavy atom. The first-order valence-corrected chi connectivity index (χ1v) is 7.97. The summed E-state index contributed by atoms with van der Waals surface area (Å²) in [6, 6.07) is 14.7. The van der Waals surface area contributed by atoms with Gasteiger partial charge in [0.1, 0.15) is 0 Å². The van der Waals surface area contributed by atoms with E-state index in [2.05, 4.69) is 29.2 Å². The zero-order chi connectivity index (χ0) is 15.1. The molecule has 0 amide bonds. The Morgan fingerprint density at radius 2 is 1.90 bits per heavy atom. The molecule has 21 heavy (non-hydrogen) atoms. The summed E-state index contributed by atoms with van der Waals surface area (Å²) in [7, 11) is 0. The maximum atomic E-state index is 5.87. The van der Waals surface area contributed by atoms with Gasteiger partial charge in [0.2, 0.25) is 5.88 Å². The number of benzene rings is 1. The Bertz CT molecular complexity index is 565. The molecule has 0 aliphatic heterocycles. The van der Waals surface area contributed by atoms with Crippen LogP contribution < -0.4 is 4.74 Å². The molecule has 2 nitrogen and oxygen atoms in total. The molecule has 112 valence electrons. The summed E-state index contributed by atoms with van der Waals surface area (Å²) in [6.45, 7) is 6.72. The Morgan fingerprint density at radius 3 is 2.71 bits per heavy atom. The van der Waals surface area contributed by atoms with Crippen molar-refractivity contribution >= 4 is 0 Å². The van der Waals surface area contributed by atoms with Gasteiger partial charge >= 0.3 is 0 Å². The number of aryl methyl sites for hydroxylation is 2. The van der Waals surface area contributed by atoms with Gasteiger partial charge in [-0.05, 0) is 43.4 Å². The normalized spacial score (nSPS) is 16.4. The highest BCUT2D eigenvalue weighted by molar-refractivity contribution is 5.32. The van der Waals surface area contributed by atoms with Crippen LogP contribution in [0.1, 0.15) is 49.4 Å². The standard InChI is InChI=1S/C17H19NO.C2H6/c1-13-6-4-11-17(18-13)19-12-15-9-5-8-14-7-2-3-10-16(14)15;1-2/h2-4,6-7,10-11,15H,5,8-9,12H2,1H3;1-2H3. The molecule has 0 fully saturated rings. The van der Waals surface area contributed by atoms with Crippen LogP contribution in [-0.4, -0.2) is 11.6 Å². The van der Waals surface area contributed by atoms with Gasteiger partial charge in [-0.2, -0.15) is 0 Å². The molecular formula is C19H25NO. The Labute approximate surface area is 128 Å². The summed E-state index contributed by atoms with van der Waals surface area (Å²) in [4.78, 5) is 4.39. The highest BCUT2D eigenvalue weighted by Gasteiger charge is 2.20. The van der Waals surface area contributed by atoms with Crippen molar-refractivity contribution in [2.24, 2.45) is 0 Å². The molecule has 2 aromatic rings. The first-order valence-electron chi connectivity index (χ1n) is 7.97. The van der Waals surface area contributed by atoms with Gasteiger partial charge in [-0.25, -0.2) is 4.98 Å². The van der Waals surface area contributed by atoms with Crippen LogP contribution in [0.15, 0.2) is 42.5 Å². The number of hydrogen-bond acceptors (Lipinski definition) is 2. The van der Waals surface area contributed by atoms with Crippen LogP contribution in [0.4, 0.5) is 0 Å². The van der Waals surface area contributed by atoms with Crippen LogP contribution in [0.25, 0.3) is 0 Å². The molecule has 1 unspecified atom stereocenters. The fourth-order valence-corrected chi connectivity index (χ4v) is 2.81. The molecule has 2 heteroatoms. The minimum atomic E-state index is 0.507. The molecule has 0 spiro atoms. The van der Waals surface area contributed by atoms with Gasteiger partial charge in [0.05, 0.1) is 6.61 Å². The molecule has 0 saturated heterocycles. The maximum absolute atomic E-state index is 5.87. The van der Waals surface area contributed by atoms with Gasteiger partial charge in [-0.3, -0.25) is 0 Å². The van der Waals surface area contributed by atoms with Gasteiger partial charge in [-0.1, -0.05) is 44.2 Å². The van der Waals surface area contributed by atoms with E-state index in [1.54, 1.807) is 0 Å². The smallest absolute Gasteiger partial charge is 0.213 e. The molecule has 1 heterocycles. The third-order valence-electron chi connectivity index (χ3n) is 3.79. The van der Waals surface area contributed by atoms with E-state index in [4.69, 9.17) is 4.74 Å². The van der Waals surface area contributed by atoms with E-state index in [0.717, 1.165) is 18.2 Å². The molecule has 3 rings (SSSR count). The van der Waals surface area contributed by atoms with E-state index in [1.807, 2.05) is 39.0 Å². The molecule has 0 N–H and O–H groups in total. The Balaban J connectivity index is 0.000000774. The van der Waals surface area contributed by atoms with Crippen LogP contribution in [0.5, 0.6) is 5.88 Å². The summed E-state index contributed by atoms with van der Waals surface area (Å²) in [5, 5.41) is 0. The van der Waals surface area contributed by atoms with Gasteiger partial charge < -0.3 is 4.74 Å². The second-order valence-corrected chi connectivity index (χ2v) is 5.22. The van der Waals surface area contributed by atoms with Crippen LogP contribution in [0.3, 0.4) is 0 Å². The van der Waals surface area contributed by atoms with Crippen molar-refractivity contribution in [1.82, 2.24) is 4.98 Å². The lowest BCUT2D eigenvalue weighted by molar-refractivity contribution is 0.265. The number of aromatic nitrogens is 1. The Kier molecular flexibility index (Phi) is 5.79. The fraction of sp³-hybridized carbons (Fsp3) is 0.421. The second kappa shape index (κ2) is 7.82. The van der Waals surface area contributed by atoms with E-state index in [-0.39, 0.29) is 0 Å². The van der Waals surface area contributed by atoms with Gasteiger partial charge in [0.25, 0.3) is 0 Å². The van der Waals surface area contributed by atoms with E-state index in [9.17, 15) is 0 Å². The number of nitrogens with zero attached hydrogens (tertiary/aromatic N) is 1. The van der Waals surface area contributed by atoms with Crippen molar-refractivity contribution in [3.05, 3.63) is 59.3 Å². The average Bonchev–Trinajstić information content (AvgIpc) is 2.55. The monoisotopic (exact) mass is 283 g/mol. The highest BCUT2D eigenvalue weighted by Crippen LogP contribution is 2.31. The zero-order valence-corrected chi connectivity index (χ0v) is 13.3. The van der Waals surface area contributed by atoms with Crippen molar-refractivity contribution in [2.45, 2.75) is 46.0 Å². The molecule has 1 aromatic carbocycles. The van der Waals surface area contributed by atoms with E-state index < -0.39 is 0 Å². The summed E-state index contributed by atoms with van der Waals surface area (Å²) in [5.74, 6) is 1.25. The maximum Gasteiger partial charge on any atom is 0.213 e. The minimum absolute atomic E-state index is 0.507. The minimum Gasteiger partial charge on any atom is -0.477 e. The van der Waals surface area contributed by atoms with Gasteiger partial charge in [0.15, 0.2) is 0 Å². The molecule has 0 radical (unpaired) electrons. The third-order valence-corrected chi connectivity index (χ3v) is 3.79. The molecule has 1 atom stereocenters. The first-order chi connectivity index (χ1) is 10.3. The zero-order valence-electron chi connectivity index (χ0n) is 13.3. The number of rotatable bonds is 3. The first kappa shape index (κ1) is 15.6. The molecule has 1 aliphatic carbocycles. The van der Waals surface area contributed by atoms with Gasteiger partial charge in [0, 0.05) is 17.7 Å². The largest absolute Gasteiger partial charge is 0.477 e. The van der Waals surface area contributed by atoms with Crippen molar-refractivity contribution in [3.63, 3.8) is 0 Å². The van der Waals surface area contributed by atoms with Crippen LogP contribution in [0, 0.1) is 6.92 Å². The van der Waals surface area contributed by atoms with Crippen molar-refractivity contribution in [2.75, 3.05) is 6.61 Å². The fourth-order valence-electron chi connectivity index (χ4n) is 2.81. The molecular weight excluding hydrogens is 258 g/mol. The summed E-state index contributed by atoms with van der Waals surface area (Å²) in [5.41, 5.74) is 3.95. The topological polar surface area (TPSA) is 22.1 Å². The predicted molar refractivity (Wildman–Crippen MR) is 87.9 cm³/mol. The number of fused-ring (bicyclic) bond motifs is 1. The summed E-state index contributed by atoms with van der Waals surface area (Å²) < 4.78 is 5.87. The molecule has 1 aliphatic rings. The van der Waals surface area contributed by atoms with E-state index >= 15 is 0 Å². The SMILES string of the molecule is CC.Cc1cccc(OCC2CCCc3ccccc32)n1. The van der Waals surface area contributed by atoms with Crippen molar-refractivity contribution < 1.29 is 4.74 Å². The third kappa shape index (κ3) is 4.07. The lowest BCUT2D eigenvalue weighted by Gasteiger charge is -2.25. The number of pyridine rings is 1. The number of hydrogen-bond donors (Lipinski definition) is 0. The quantitative estimate of drug-likeness (QED) is 0.798. The number of ether oxygens (including phenoxy) is 1. The summed E-state index contributed by atoms with van der Waals surface area (Å²) >= 11 is 0. The Hall–Kier alpha value is -1.83. The van der Waals surface area contributed by atoms with Crippen LogP contribution in [0.2, 0.25) is 0 Å². The highest BCUT2D eigenvalue weighted by atomic mass is 16.5. The van der Waals surface area contributed by atoms with Crippen LogP contribution in [-0.2, 0) is 6.42 Å². The molecule has 0 bridgehead atoms. The van der Waals surface area contributed by atoms with E-state index in [1.165, 1.54) is 30.4 Å². The molecule has 1 aromatic heterocycles. The van der Waals surface area contributed by atoms with Crippen molar-refractivity contribution in [3.8, 4) is 5.88 Å². The average molecular weight is 283 g/mol. The van der Waals surface area contributed by atoms with Crippen molar-refractivity contribution in [1.29, 1.82) is 0 Å². The predicted octanol–water partition coefficient (Wildman–Crippen LogP) is 4.92. The second-order valence-electron chi connectivity index (χ2n) is 5.22.